The minimum absolute atomic E-state index is 0.202. The van der Waals surface area contributed by atoms with E-state index in [4.69, 9.17) is 4.52 Å². The van der Waals surface area contributed by atoms with Gasteiger partial charge in [-0.15, -0.1) is 0 Å². The summed E-state index contributed by atoms with van der Waals surface area (Å²) in [6, 6.07) is 0. The monoisotopic (exact) mass is 281 g/mol. The molecule has 1 aromatic heterocycles. The van der Waals surface area contributed by atoms with Crippen LogP contribution in [0.4, 0.5) is 0 Å². The Bertz CT molecular complexity index is 323. The number of aromatic hydroxyl groups is 1. The Morgan fingerprint density at radius 3 is 1.80 bits per heavy atom. The molecule has 0 amide bonds. The van der Waals surface area contributed by atoms with Crippen molar-refractivity contribution in [1.82, 2.24) is 5.16 Å². The molecule has 0 aliphatic carbocycles. The Balaban J connectivity index is 1.78. The zero-order valence-corrected chi connectivity index (χ0v) is 13.1. The lowest BCUT2D eigenvalue weighted by Gasteiger charge is -2.02. The minimum atomic E-state index is 0.202. The lowest BCUT2D eigenvalue weighted by molar-refractivity contribution is 0.364. The van der Waals surface area contributed by atoms with E-state index in [0.717, 1.165) is 12.8 Å². The zero-order valence-electron chi connectivity index (χ0n) is 13.1. The molecule has 0 aromatic carbocycles. The molecule has 116 valence electrons. The molecule has 0 radical (unpaired) electrons. The number of rotatable bonds is 13. The van der Waals surface area contributed by atoms with Crippen LogP contribution in [0.15, 0.2) is 10.7 Å². The van der Waals surface area contributed by atoms with Crippen molar-refractivity contribution in [3.63, 3.8) is 0 Å². The Hall–Kier alpha value is -0.990. The van der Waals surface area contributed by atoms with Gasteiger partial charge in [-0.3, -0.25) is 0 Å². The van der Waals surface area contributed by atoms with E-state index in [1.54, 1.807) is 0 Å². The van der Waals surface area contributed by atoms with Crippen LogP contribution in [0.2, 0.25) is 0 Å². The molecular weight excluding hydrogens is 250 g/mol. The summed E-state index contributed by atoms with van der Waals surface area (Å²) in [4.78, 5) is 0. The summed E-state index contributed by atoms with van der Waals surface area (Å²) in [6.07, 6.45) is 18.3. The minimum Gasteiger partial charge on any atom is -0.503 e. The summed E-state index contributed by atoms with van der Waals surface area (Å²) in [5, 5.41) is 12.9. The number of nitrogens with zero attached hydrogens (tertiary/aromatic N) is 1. The fraction of sp³-hybridized carbons (Fsp3) is 0.824. The van der Waals surface area contributed by atoms with Crippen LogP contribution < -0.4 is 0 Å². The van der Waals surface area contributed by atoms with Crippen LogP contribution in [0, 0.1) is 0 Å². The van der Waals surface area contributed by atoms with Gasteiger partial charge in [0.1, 0.15) is 6.20 Å². The molecule has 0 aliphatic rings. The van der Waals surface area contributed by atoms with Crippen molar-refractivity contribution < 1.29 is 9.63 Å². The summed E-state index contributed by atoms with van der Waals surface area (Å²) in [7, 11) is 0. The fourth-order valence-corrected chi connectivity index (χ4v) is 2.56. The van der Waals surface area contributed by atoms with Gasteiger partial charge in [-0.1, -0.05) is 82.7 Å². The third-order valence-corrected chi connectivity index (χ3v) is 3.88. The highest BCUT2D eigenvalue weighted by atomic mass is 16.5. The summed E-state index contributed by atoms with van der Waals surface area (Å²) < 4.78 is 4.96. The molecule has 0 saturated carbocycles. The van der Waals surface area contributed by atoms with Crippen molar-refractivity contribution in [1.29, 1.82) is 0 Å². The summed E-state index contributed by atoms with van der Waals surface area (Å²) in [5.41, 5.74) is 0. The van der Waals surface area contributed by atoms with Crippen LogP contribution in [-0.4, -0.2) is 10.3 Å². The molecule has 0 fully saturated rings. The predicted octanol–water partition coefficient (Wildman–Crippen LogP) is 5.62. The quantitative estimate of drug-likeness (QED) is 0.477. The largest absolute Gasteiger partial charge is 0.503 e. The van der Waals surface area contributed by atoms with E-state index in [-0.39, 0.29) is 5.75 Å². The maximum Gasteiger partial charge on any atom is 0.178 e. The molecule has 0 saturated heterocycles. The summed E-state index contributed by atoms with van der Waals surface area (Å²) in [5.74, 6) is 0.838. The van der Waals surface area contributed by atoms with Crippen LogP contribution in [0.3, 0.4) is 0 Å². The lowest BCUT2D eigenvalue weighted by atomic mass is 10.0. The first kappa shape index (κ1) is 17.1. The lowest BCUT2D eigenvalue weighted by Crippen LogP contribution is -1.85. The molecule has 1 heterocycles. The third kappa shape index (κ3) is 8.23. The molecule has 3 nitrogen and oxygen atoms in total. The first-order chi connectivity index (χ1) is 9.84. The number of unbranched alkanes of at least 4 members (excludes halogenated alkanes) is 11. The van der Waals surface area contributed by atoms with Crippen molar-refractivity contribution in [3.8, 4) is 5.75 Å². The van der Waals surface area contributed by atoms with E-state index in [1.807, 2.05) is 0 Å². The van der Waals surface area contributed by atoms with E-state index >= 15 is 0 Å². The molecule has 0 spiro atoms. The van der Waals surface area contributed by atoms with Gasteiger partial charge in [0.05, 0.1) is 0 Å². The van der Waals surface area contributed by atoms with Crippen LogP contribution in [0.1, 0.15) is 89.7 Å². The average molecular weight is 281 g/mol. The molecule has 3 heteroatoms. The molecule has 1 rings (SSSR count). The molecule has 0 unspecified atom stereocenters. The Kier molecular flexibility index (Phi) is 10.1. The maximum atomic E-state index is 9.37. The second kappa shape index (κ2) is 11.8. The van der Waals surface area contributed by atoms with Gasteiger partial charge in [0.2, 0.25) is 0 Å². The van der Waals surface area contributed by atoms with Gasteiger partial charge in [0.15, 0.2) is 11.5 Å². The molecule has 20 heavy (non-hydrogen) atoms. The second-order valence-electron chi connectivity index (χ2n) is 5.77. The molecular formula is C17H31NO2. The molecule has 1 N–H and O–H groups in total. The Labute approximate surface area is 123 Å². The average Bonchev–Trinajstić information content (AvgIpc) is 2.85. The van der Waals surface area contributed by atoms with Crippen molar-refractivity contribution in [2.24, 2.45) is 0 Å². The van der Waals surface area contributed by atoms with Crippen molar-refractivity contribution in [3.05, 3.63) is 12.0 Å². The highest BCUT2D eigenvalue weighted by Gasteiger charge is 2.05. The van der Waals surface area contributed by atoms with Crippen LogP contribution in [0.25, 0.3) is 0 Å². The van der Waals surface area contributed by atoms with Crippen molar-refractivity contribution in [2.45, 2.75) is 90.4 Å². The van der Waals surface area contributed by atoms with Gasteiger partial charge in [0.25, 0.3) is 0 Å². The van der Waals surface area contributed by atoms with E-state index in [9.17, 15) is 5.11 Å². The Morgan fingerprint density at radius 1 is 0.850 bits per heavy atom. The van der Waals surface area contributed by atoms with E-state index in [0.29, 0.717) is 5.76 Å². The van der Waals surface area contributed by atoms with Crippen molar-refractivity contribution in [2.75, 3.05) is 0 Å². The normalized spacial score (nSPS) is 11.1. The molecule has 0 atom stereocenters. The predicted molar refractivity (Wildman–Crippen MR) is 82.9 cm³/mol. The van der Waals surface area contributed by atoms with Gasteiger partial charge in [-0.2, -0.15) is 0 Å². The number of aryl methyl sites for hydroxylation is 1. The van der Waals surface area contributed by atoms with E-state index < -0.39 is 0 Å². The van der Waals surface area contributed by atoms with Crippen LogP contribution >= 0.6 is 0 Å². The van der Waals surface area contributed by atoms with Gasteiger partial charge in [0, 0.05) is 6.42 Å². The van der Waals surface area contributed by atoms with Crippen molar-refractivity contribution >= 4 is 0 Å². The van der Waals surface area contributed by atoms with Crippen LogP contribution in [0.5, 0.6) is 5.75 Å². The second-order valence-corrected chi connectivity index (χ2v) is 5.77. The topological polar surface area (TPSA) is 46.3 Å². The number of aromatic nitrogens is 1. The molecule has 0 bridgehead atoms. The molecule has 0 aliphatic heterocycles. The first-order valence-corrected chi connectivity index (χ1v) is 8.47. The van der Waals surface area contributed by atoms with Crippen LogP contribution in [-0.2, 0) is 6.42 Å². The number of hydrogen-bond donors (Lipinski definition) is 1. The van der Waals surface area contributed by atoms with Gasteiger partial charge >= 0.3 is 0 Å². The molecule has 1 aromatic rings. The van der Waals surface area contributed by atoms with E-state index in [1.165, 1.54) is 76.8 Å². The summed E-state index contributed by atoms with van der Waals surface area (Å²) >= 11 is 0. The van der Waals surface area contributed by atoms with Gasteiger partial charge in [-0.05, 0) is 6.42 Å². The standard InChI is InChI=1S/C17H31NO2/c1-2-3-4-5-6-7-8-9-10-11-12-13-14-17-16(19)15-18-20-17/h15,19H,2-14H2,1H3. The fourth-order valence-electron chi connectivity index (χ4n) is 2.56. The third-order valence-electron chi connectivity index (χ3n) is 3.88. The zero-order chi connectivity index (χ0) is 14.5. The maximum absolute atomic E-state index is 9.37. The van der Waals surface area contributed by atoms with Gasteiger partial charge in [-0.25, -0.2) is 0 Å². The van der Waals surface area contributed by atoms with Gasteiger partial charge < -0.3 is 9.63 Å². The first-order valence-electron chi connectivity index (χ1n) is 8.47. The highest BCUT2D eigenvalue weighted by Crippen LogP contribution is 2.18. The highest BCUT2D eigenvalue weighted by molar-refractivity contribution is 5.18. The summed E-state index contributed by atoms with van der Waals surface area (Å²) in [6.45, 7) is 2.27. The number of hydrogen-bond acceptors (Lipinski definition) is 3. The Morgan fingerprint density at radius 2 is 1.35 bits per heavy atom. The van der Waals surface area contributed by atoms with E-state index in [2.05, 4.69) is 12.1 Å². The smallest absolute Gasteiger partial charge is 0.178 e. The SMILES string of the molecule is CCCCCCCCCCCCCCc1oncc1O.